The van der Waals surface area contributed by atoms with Gasteiger partial charge in [0.2, 0.25) is 0 Å². The summed E-state index contributed by atoms with van der Waals surface area (Å²) in [6.45, 7) is 1.36. The molecule has 0 saturated carbocycles. The third-order valence-corrected chi connectivity index (χ3v) is 5.06. The second kappa shape index (κ2) is 8.40. The fourth-order valence-electron chi connectivity index (χ4n) is 3.31. The van der Waals surface area contributed by atoms with Gasteiger partial charge in [0.15, 0.2) is 5.69 Å². The van der Waals surface area contributed by atoms with E-state index in [0.717, 1.165) is 17.0 Å². The molecule has 0 radical (unpaired) electrons. The number of benzene rings is 1. The van der Waals surface area contributed by atoms with Crippen LogP contribution in [-0.4, -0.2) is 51.5 Å². The molecule has 1 aliphatic heterocycles. The first kappa shape index (κ1) is 19.1. The van der Waals surface area contributed by atoms with Crippen molar-refractivity contribution in [2.75, 3.05) is 20.7 Å². The van der Waals surface area contributed by atoms with Crippen molar-refractivity contribution in [3.63, 3.8) is 0 Å². The van der Waals surface area contributed by atoms with Gasteiger partial charge in [-0.3, -0.25) is 9.78 Å². The Labute approximate surface area is 169 Å². The lowest BCUT2D eigenvalue weighted by Gasteiger charge is -2.25. The van der Waals surface area contributed by atoms with Crippen molar-refractivity contribution < 1.29 is 14.3 Å². The highest BCUT2D eigenvalue weighted by atomic mass is 16.5. The number of amides is 1. The fraction of sp³-hybridized carbons (Fsp3) is 0.333. The van der Waals surface area contributed by atoms with Gasteiger partial charge in [-0.25, -0.2) is 4.68 Å². The number of ether oxygens (including phenoxy) is 2. The topological polar surface area (TPSA) is 82.4 Å². The van der Waals surface area contributed by atoms with Crippen LogP contribution >= 0.6 is 0 Å². The van der Waals surface area contributed by atoms with Crippen LogP contribution in [-0.2, 0) is 24.3 Å². The molecule has 150 valence electrons. The molecule has 4 rings (SSSR count). The van der Waals surface area contributed by atoms with Crippen LogP contribution in [0.3, 0.4) is 0 Å². The maximum atomic E-state index is 12.8. The van der Waals surface area contributed by atoms with Crippen molar-refractivity contribution in [3.8, 4) is 5.75 Å². The number of fused-ring (bicyclic) bond motifs is 1. The minimum Gasteiger partial charge on any atom is -0.497 e. The van der Waals surface area contributed by atoms with E-state index >= 15 is 0 Å². The van der Waals surface area contributed by atoms with E-state index in [1.54, 1.807) is 29.9 Å². The summed E-state index contributed by atoms with van der Waals surface area (Å²) in [7, 11) is 3.40. The van der Waals surface area contributed by atoms with Crippen LogP contribution < -0.4 is 4.74 Å². The number of hydrogen-bond donors (Lipinski definition) is 0. The first-order chi connectivity index (χ1) is 14.2. The molecule has 8 heteroatoms. The van der Waals surface area contributed by atoms with Gasteiger partial charge in [-0.2, -0.15) is 0 Å². The Morgan fingerprint density at radius 1 is 1.28 bits per heavy atom. The molecule has 2 aromatic heterocycles. The Hall–Kier alpha value is -3.26. The molecule has 0 N–H and O–H groups in total. The van der Waals surface area contributed by atoms with Crippen molar-refractivity contribution >= 4 is 5.91 Å². The number of aromatic nitrogens is 4. The Bertz CT molecular complexity index is 972. The van der Waals surface area contributed by atoms with E-state index in [2.05, 4.69) is 15.3 Å². The molecule has 0 bridgehead atoms. The molecule has 1 atom stereocenters. The first-order valence-corrected chi connectivity index (χ1v) is 9.49. The Kier molecular flexibility index (Phi) is 5.53. The zero-order valence-electron chi connectivity index (χ0n) is 16.5. The van der Waals surface area contributed by atoms with E-state index < -0.39 is 0 Å². The van der Waals surface area contributed by atoms with Crippen molar-refractivity contribution in [1.29, 1.82) is 0 Å². The molecule has 1 aliphatic rings. The smallest absolute Gasteiger partial charge is 0.276 e. The molecular weight excluding hydrogens is 370 g/mol. The Morgan fingerprint density at radius 3 is 2.83 bits per heavy atom. The Morgan fingerprint density at radius 2 is 2.10 bits per heavy atom. The van der Waals surface area contributed by atoms with Crippen molar-refractivity contribution in [3.05, 3.63) is 71.3 Å². The monoisotopic (exact) mass is 393 g/mol. The zero-order chi connectivity index (χ0) is 20.2. The molecule has 1 unspecified atom stereocenters. The average Bonchev–Trinajstić information content (AvgIpc) is 3.21. The summed E-state index contributed by atoms with van der Waals surface area (Å²) < 4.78 is 13.0. The van der Waals surface area contributed by atoms with Crippen LogP contribution in [0.4, 0.5) is 0 Å². The van der Waals surface area contributed by atoms with E-state index in [-0.39, 0.29) is 12.0 Å². The van der Waals surface area contributed by atoms with Crippen LogP contribution in [0.1, 0.15) is 33.5 Å². The fourth-order valence-corrected chi connectivity index (χ4v) is 3.31. The number of hydrogen-bond acceptors (Lipinski definition) is 6. The van der Waals surface area contributed by atoms with Crippen LogP contribution in [0, 0.1) is 0 Å². The first-order valence-electron chi connectivity index (χ1n) is 9.49. The third-order valence-electron chi connectivity index (χ3n) is 5.06. The molecule has 1 amide bonds. The van der Waals surface area contributed by atoms with Gasteiger partial charge in [0.25, 0.3) is 5.91 Å². The predicted octanol–water partition coefficient (Wildman–Crippen LogP) is 2.27. The van der Waals surface area contributed by atoms with E-state index in [1.807, 2.05) is 42.5 Å². The van der Waals surface area contributed by atoms with Crippen LogP contribution in [0.5, 0.6) is 5.75 Å². The van der Waals surface area contributed by atoms with Gasteiger partial charge >= 0.3 is 0 Å². The highest BCUT2D eigenvalue weighted by Crippen LogP contribution is 2.28. The quantitative estimate of drug-likeness (QED) is 0.639. The normalized spacial score (nSPS) is 15.6. The number of rotatable bonds is 6. The number of carbonyl (C=O) groups is 1. The maximum absolute atomic E-state index is 12.8. The maximum Gasteiger partial charge on any atom is 0.276 e. The molecule has 3 aromatic rings. The van der Waals surface area contributed by atoms with Gasteiger partial charge in [-0.1, -0.05) is 23.4 Å². The third kappa shape index (κ3) is 4.12. The molecule has 1 aromatic carbocycles. The van der Waals surface area contributed by atoms with Gasteiger partial charge in [0.1, 0.15) is 11.9 Å². The van der Waals surface area contributed by atoms with Crippen LogP contribution in [0.2, 0.25) is 0 Å². The number of pyridine rings is 1. The summed E-state index contributed by atoms with van der Waals surface area (Å²) in [5, 5.41) is 8.33. The van der Waals surface area contributed by atoms with Gasteiger partial charge in [-0.05, 0) is 29.8 Å². The van der Waals surface area contributed by atoms with Crippen LogP contribution in [0.25, 0.3) is 0 Å². The van der Waals surface area contributed by atoms with Crippen molar-refractivity contribution in [2.45, 2.75) is 25.7 Å². The second-order valence-corrected chi connectivity index (χ2v) is 6.94. The van der Waals surface area contributed by atoms with Gasteiger partial charge < -0.3 is 14.4 Å². The number of carbonyl (C=O) groups excluding carboxylic acids is 1. The SMILES string of the molecule is COc1ccc(C2Cn3nnc(C(=O)N(C)CCc4ccccn4)c3CO2)cc1. The zero-order valence-corrected chi connectivity index (χ0v) is 16.5. The lowest BCUT2D eigenvalue weighted by atomic mass is 10.1. The highest BCUT2D eigenvalue weighted by Gasteiger charge is 2.29. The minimum absolute atomic E-state index is 0.139. The lowest BCUT2D eigenvalue weighted by molar-refractivity contribution is -0.00193. The van der Waals surface area contributed by atoms with E-state index in [4.69, 9.17) is 9.47 Å². The molecule has 0 aliphatic carbocycles. The van der Waals surface area contributed by atoms with Gasteiger partial charge in [0, 0.05) is 31.9 Å². The highest BCUT2D eigenvalue weighted by molar-refractivity contribution is 5.93. The van der Waals surface area contributed by atoms with E-state index in [1.165, 1.54) is 0 Å². The molecule has 0 saturated heterocycles. The standard InChI is InChI=1S/C21H23N5O3/c1-25(12-10-16-5-3-4-11-22-16)21(27)20-18-14-29-19(13-26(18)24-23-20)15-6-8-17(28-2)9-7-15/h3-9,11,19H,10,12-14H2,1-2H3. The summed E-state index contributed by atoms with van der Waals surface area (Å²) in [4.78, 5) is 18.8. The van der Waals surface area contributed by atoms with E-state index in [9.17, 15) is 4.79 Å². The molecule has 8 nitrogen and oxygen atoms in total. The van der Waals surface area contributed by atoms with Crippen molar-refractivity contribution in [2.24, 2.45) is 0 Å². The average molecular weight is 393 g/mol. The summed E-state index contributed by atoms with van der Waals surface area (Å²) in [5.41, 5.74) is 3.04. The molecule has 0 fully saturated rings. The molecule has 3 heterocycles. The van der Waals surface area contributed by atoms with Gasteiger partial charge in [0.05, 0.1) is 26.0 Å². The number of likely N-dealkylation sites (N-methyl/N-ethyl adjacent to an activating group) is 1. The van der Waals surface area contributed by atoms with E-state index in [0.29, 0.717) is 37.5 Å². The molecule has 0 spiro atoms. The van der Waals surface area contributed by atoms with Crippen molar-refractivity contribution in [1.82, 2.24) is 24.9 Å². The van der Waals surface area contributed by atoms with Crippen LogP contribution in [0.15, 0.2) is 48.7 Å². The number of nitrogens with zero attached hydrogens (tertiary/aromatic N) is 5. The largest absolute Gasteiger partial charge is 0.497 e. The van der Waals surface area contributed by atoms with Gasteiger partial charge in [-0.15, -0.1) is 5.10 Å². The predicted molar refractivity (Wildman–Crippen MR) is 105 cm³/mol. The summed E-state index contributed by atoms with van der Waals surface area (Å²) in [6, 6.07) is 13.5. The second-order valence-electron chi connectivity index (χ2n) is 6.94. The molecule has 29 heavy (non-hydrogen) atoms. The Balaban J connectivity index is 1.42. The molecular formula is C21H23N5O3. The summed E-state index contributed by atoms with van der Waals surface area (Å²) >= 11 is 0. The lowest BCUT2D eigenvalue weighted by Crippen LogP contribution is -2.31. The minimum atomic E-state index is -0.159. The summed E-state index contributed by atoms with van der Waals surface area (Å²) in [6.07, 6.45) is 2.30. The summed E-state index contributed by atoms with van der Waals surface area (Å²) in [5.74, 6) is 0.640. The number of methoxy groups -OCH3 is 1.